The Labute approximate surface area is 260 Å². The minimum absolute atomic E-state index is 0.00853. The number of hydrogen-bond donors (Lipinski definition) is 6. The van der Waals surface area contributed by atoms with Crippen LogP contribution in [0.15, 0.2) is 54.1 Å². The quantitative estimate of drug-likeness (QED) is 0.0873. The summed E-state index contributed by atoms with van der Waals surface area (Å²) < 4.78 is 16.4. The Bertz CT molecular complexity index is 1290. The summed E-state index contributed by atoms with van der Waals surface area (Å²) in [7, 11) is 0. The topological polar surface area (TPSA) is 217 Å². The molecule has 0 aromatic heterocycles. The number of unbranched alkanes of at least 4 members (excludes halogenated alkanes) is 1. The third kappa shape index (κ3) is 7.12. The van der Waals surface area contributed by atoms with Crippen LogP contribution in [-0.4, -0.2) is 96.4 Å². The molecule has 2 aliphatic heterocycles. The van der Waals surface area contributed by atoms with Gasteiger partial charge in [-0.2, -0.15) is 0 Å². The van der Waals surface area contributed by atoms with Crippen LogP contribution < -0.4 is 0 Å². The highest BCUT2D eigenvalue weighted by Gasteiger charge is 2.85. The lowest BCUT2D eigenvalue weighted by molar-refractivity contribution is -0.374. The smallest absolute Gasteiger partial charge is 0.344 e. The zero-order chi connectivity index (χ0) is 33.6. The van der Waals surface area contributed by atoms with Gasteiger partial charge < -0.3 is 44.8 Å². The van der Waals surface area contributed by atoms with E-state index in [-0.39, 0.29) is 24.9 Å². The largest absolute Gasteiger partial charge is 0.479 e. The molecule has 248 valence electrons. The Kier molecular flexibility index (Phi) is 11.7. The van der Waals surface area contributed by atoms with E-state index in [1.54, 1.807) is 13.0 Å². The number of esters is 1. The molecule has 2 heterocycles. The average Bonchev–Trinajstić information content (AvgIpc) is 3.21. The van der Waals surface area contributed by atoms with Gasteiger partial charge in [0.1, 0.15) is 6.10 Å². The van der Waals surface area contributed by atoms with E-state index in [0.29, 0.717) is 12.0 Å². The zero-order valence-corrected chi connectivity index (χ0v) is 25.5. The number of allylic oxidation sites excluding steroid dienone is 2. The SMILES string of the molecule is CCCCC(C)/C=C/C(=O)O[C@@H]1[C@@H](O)[C@@]2(CC/C(C)=C/C(CO)Cc3ccccc3)O[C@H](C(=O)O)[C@@](O)(C(=O)O)[C@]1(C(=O)O)O2. The lowest BCUT2D eigenvalue weighted by Crippen LogP contribution is -2.78. The second-order valence-electron chi connectivity index (χ2n) is 11.8. The number of hydrogen-bond acceptors (Lipinski definition) is 10. The molecule has 2 fully saturated rings. The van der Waals surface area contributed by atoms with Crippen molar-refractivity contribution in [3.05, 3.63) is 59.7 Å². The number of carboxylic acids is 3. The summed E-state index contributed by atoms with van der Waals surface area (Å²) in [5.41, 5.74) is -5.73. The maximum atomic E-state index is 12.9. The van der Waals surface area contributed by atoms with E-state index >= 15 is 0 Å². The first kappa shape index (κ1) is 35.9. The van der Waals surface area contributed by atoms with E-state index in [1.165, 1.54) is 6.08 Å². The van der Waals surface area contributed by atoms with Gasteiger partial charge in [-0.25, -0.2) is 19.2 Å². The van der Waals surface area contributed by atoms with Crippen molar-refractivity contribution < 1.29 is 64.0 Å². The highest BCUT2D eigenvalue weighted by Crippen LogP contribution is 2.55. The van der Waals surface area contributed by atoms with Crippen molar-refractivity contribution >= 4 is 23.9 Å². The Morgan fingerprint density at radius 1 is 1.09 bits per heavy atom. The number of aliphatic hydroxyl groups is 3. The van der Waals surface area contributed by atoms with Crippen LogP contribution in [0, 0.1) is 11.8 Å². The fourth-order valence-corrected chi connectivity index (χ4v) is 5.93. The molecule has 45 heavy (non-hydrogen) atoms. The molecule has 0 aliphatic carbocycles. The monoisotopic (exact) mass is 634 g/mol. The second kappa shape index (κ2) is 14.6. The molecular weight excluding hydrogens is 592 g/mol. The highest BCUT2D eigenvalue weighted by molar-refractivity contribution is 5.98. The summed E-state index contributed by atoms with van der Waals surface area (Å²) >= 11 is 0. The predicted octanol–water partition coefficient (Wildman–Crippen LogP) is 2.07. The van der Waals surface area contributed by atoms with Crippen molar-refractivity contribution in [2.75, 3.05) is 6.61 Å². The van der Waals surface area contributed by atoms with E-state index in [1.807, 2.05) is 44.2 Å². The number of ether oxygens (including phenoxy) is 3. The zero-order valence-electron chi connectivity index (χ0n) is 25.5. The van der Waals surface area contributed by atoms with Crippen molar-refractivity contribution in [3.63, 3.8) is 0 Å². The van der Waals surface area contributed by atoms with Crippen LogP contribution in [0.4, 0.5) is 0 Å². The van der Waals surface area contributed by atoms with E-state index in [2.05, 4.69) is 0 Å². The fraction of sp³-hybridized carbons (Fsp3) is 0.562. The summed E-state index contributed by atoms with van der Waals surface area (Å²) in [4.78, 5) is 50.4. The first-order valence-corrected chi connectivity index (χ1v) is 14.9. The molecule has 3 rings (SSSR count). The van der Waals surface area contributed by atoms with E-state index in [0.717, 1.165) is 30.9 Å². The van der Waals surface area contributed by atoms with Gasteiger partial charge in [-0.3, -0.25) is 0 Å². The van der Waals surface area contributed by atoms with Crippen molar-refractivity contribution in [2.24, 2.45) is 11.8 Å². The fourth-order valence-electron chi connectivity index (χ4n) is 5.93. The molecule has 2 saturated heterocycles. The molecule has 2 aliphatic rings. The normalized spacial score (nSPS) is 31.0. The molecule has 0 saturated carbocycles. The molecule has 2 unspecified atom stereocenters. The van der Waals surface area contributed by atoms with Gasteiger partial charge in [-0.1, -0.05) is 74.7 Å². The molecule has 1 aromatic carbocycles. The van der Waals surface area contributed by atoms with Crippen molar-refractivity contribution in [1.29, 1.82) is 0 Å². The number of carboxylic acid groups (broad SMARTS) is 3. The van der Waals surface area contributed by atoms with E-state index in [4.69, 9.17) is 14.2 Å². The van der Waals surface area contributed by atoms with Crippen molar-refractivity contribution in [1.82, 2.24) is 0 Å². The number of fused-ring (bicyclic) bond motifs is 2. The summed E-state index contributed by atoms with van der Waals surface area (Å²) in [6.07, 6.45) is -0.543. The molecular formula is C32H42O13. The van der Waals surface area contributed by atoms with Crippen LogP contribution in [0.3, 0.4) is 0 Å². The van der Waals surface area contributed by atoms with Crippen molar-refractivity contribution in [3.8, 4) is 0 Å². The third-order valence-corrected chi connectivity index (χ3v) is 8.38. The average molecular weight is 635 g/mol. The standard InChI is InChI=1S/C32H42O13/c1-4-5-9-19(2)12-13-23(34)43-25-24(35)30(15-14-20(3)16-22(18-33)17-21-10-7-6-8-11-21)44-26(27(36)37)31(42,28(38)39)32(25,45-30)29(40)41/h6-8,10-13,16,19,22,24-26,33,35,42H,4-5,9,14-15,17-18H2,1-3H3,(H,36,37)(H,38,39)(H,40,41)/b13-12+,20-16+/t19?,22?,24-,25-,26-,30+,31-,32+/m1/s1. The van der Waals surface area contributed by atoms with Crippen LogP contribution in [0.2, 0.25) is 0 Å². The number of carbonyl (C=O) groups excluding carboxylic acids is 1. The number of aliphatic carboxylic acids is 3. The molecule has 13 nitrogen and oxygen atoms in total. The lowest BCUT2D eigenvalue weighted by Gasteiger charge is -2.48. The molecule has 13 heteroatoms. The molecule has 0 radical (unpaired) electrons. The molecule has 1 aromatic rings. The van der Waals surface area contributed by atoms with E-state index < -0.39 is 65.6 Å². The Morgan fingerprint density at radius 2 is 1.76 bits per heavy atom. The maximum absolute atomic E-state index is 12.9. The third-order valence-electron chi connectivity index (χ3n) is 8.38. The Balaban J connectivity index is 1.99. The highest BCUT2D eigenvalue weighted by atomic mass is 16.8. The number of benzene rings is 1. The minimum Gasteiger partial charge on any atom is -0.479 e. The van der Waals surface area contributed by atoms with Gasteiger partial charge in [0.15, 0.2) is 6.10 Å². The number of aliphatic hydroxyl groups excluding tert-OH is 2. The van der Waals surface area contributed by atoms with E-state index in [9.17, 15) is 49.8 Å². The van der Waals surface area contributed by atoms with Gasteiger partial charge in [-0.05, 0) is 37.7 Å². The molecule has 0 spiro atoms. The second-order valence-corrected chi connectivity index (χ2v) is 11.8. The summed E-state index contributed by atoms with van der Waals surface area (Å²) in [6, 6.07) is 9.37. The van der Waals surface area contributed by atoms with Crippen LogP contribution in [0.5, 0.6) is 0 Å². The maximum Gasteiger partial charge on any atom is 0.344 e. The molecule has 0 amide bonds. The summed E-state index contributed by atoms with van der Waals surface area (Å²) in [6.45, 7) is 5.31. The minimum atomic E-state index is -3.84. The predicted molar refractivity (Wildman–Crippen MR) is 157 cm³/mol. The molecule has 8 atom stereocenters. The van der Waals surface area contributed by atoms with Gasteiger partial charge in [0, 0.05) is 25.0 Å². The number of carbonyl (C=O) groups is 4. The first-order chi connectivity index (χ1) is 21.2. The summed E-state index contributed by atoms with van der Waals surface area (Å²) in [5, 5.41) is 62.9. The Morgan fingerprint density at radius 3 is 2.31 bits per heavy atom. The van der Waals surface area contributed by atoms with Gasteiger partial charge in [-0.15, -0.1) is 0 Å². The summed E-state index contributed by atoms with van der Waals surface area (Å²) in [5.74, 6) is -10.7. The first-order valence-electron chi connectivity index (χ1n) is 14.9. The van der Waals surface area contributed by atoms with Gasteiger partial charge in [0.2, 0.25) is 23.1 Å². The van der Waals surface area contributed by atoms with Crippen LogP contribution in [0.25, 0.3) is 0 Å². The molecule has 2 bridgehead atoms. The van der Waals surface area contributed by atoms with Crippen molar-refractivity contribution in [2.45, 2.75) is 94.6 Å². The number of rotatable bonds is 16. The molecule has 6 N–H and O–H groups in total. The van der Waals surface area contributed by atoms with Crippen LogP contribution in [-0.2, 0) is 39.8 Å². The van der Waals surface area contributed by atoms with Gasteiger partial charge >= 0.3 is 23.9 Å². The Hall–Kier alpha value is -3.62. The van der Waals surface area contributed by atoms with Crippen LogP contribution >= 0.6 is 0 Å². The van der Waals surface area contributed by atoms with Gasteiger partial charge in [0.25, 0.3) is 0 Å². The lowest BCUT2D eigenvalue weighted by atomic mass is 9.74. The van der Waals surface area contributed by atoms with Crippen LogP contribution in [0.1, 0.15) is 58.4 Å². The van der Waals surface area contributed by atoms with Gasteiger partial charge in [0.05, 0.1) is 0 Å².